The molecule has 0 aliphatic heterocycles. The Bertz CT molecular complexity index is 286. The van der Waals surface area contributed by atoms with E-state index in [0.29, 0.717) is 5.75 Å². The third-order valence-corrected chi connectivity index (χ3v) is 1.42. The summed E-state index contributed by atoms with van der Waals surface area (Å²) < 4.78 is 5.15. The zero-order valence-electron chi connectivity index (χ0n) is 7.05. The Labute approximate surface area is 76.1 Å². The van der Waals surface area contributed by atoms with Crippen molar-refractivity contribution < 1.29 is 15.1 Å². The molecule has 1 aromatic rings. The summed E-state index contributed by atoms with van der Waals surface area (Å²) in [7, 11) is 0. The molecule has 0 spiro atoms. The number of hydrogen-bond donors (Lipinski definition) is 2. The molecule has 0 amide bonds. The molecule has 1 aromatic carbocycles. The van der Waals surface area contributed by atoms with E-state index in [9.17, 15) is 0 Å². The van der Waals surface area contributed by atoms with Gasteiger partial charge in [-0.25, -0.2) is 0 Å². The molecule has 2 N–H and O–H groups in total. The molecule has 4 heteroatoms. The molecule has 4 nitrogen and oxygen atoms in total. The number of hydrogen-bond acceptors (Lipinski definition) is 4. The van der Waals surface area contributed by atoms with Crippen molar-refractivity contribution >= 4 is 6.21 Å². The third-order valence-electron chi connectivity index (χ3n) is 1.42. The van der Waals surface area contributed by atoms with Gasteiger partial charge in [-0.15, -0.1) is 0 Å². The number of aliphatic hydroxyl groups is 1. The highest BCUT2D eigenvalue weighted by Crippen LogP contribution is 2.11. The van der Waals surface area contributed by atoms with Gasteiger partial charge in [0.25, 0.3) is 0 Å². The molecule has 0 atom stereocenters. The zero-order valence-corrected chi connectivity index (χ0v) is 7.05. The Morgan fingerprint density at radius 1 is 1.46 bits per heavy atom. The standard InChI is InChI=1S/C9H11NO3/c11-4-5-13-9-3-1-2-8(6-9)7-10-12/h1-3,6-7,11-12H,4-5H2. The van der Waals surface area contributed by atoms with Crippen LogP contribution in [0, 0.1) is 0 Å². The van der Waals surface area contributed by atoms with Crippen LogP contribution < -0.4 is 4.74 Å². The van der Waals surface area contributed by atoms with Gasteiger partial charge >= 0.3 is 0 Å². The van der Waals surface area contributed by atoms with Gasteiger partial charge in [0.05, 0.1) is 12.8 Å². The molecule has 0 heterocycles. The molecule has 0 aliphatic carbocycles. The van der Waals surface area contributed by atoms with Gasteiger partial charge in [-0.2, -0.15) is 0 Å². The van der Waals surface area contributed by atoms with Crippen LogP contribution >= 0.6 is 0 Å². The lowest BCUT2D eigenvalue weighted by Gasteiger charge is -2.03. The fourth-order valence-electron chi connectivity index (χ4n) is 0.915. The Kier molecular flexibility index (Phi) is 3.78. The van der Waals surface area contributed by atoms with E-state index >= 15 is 0 Å². The Morgan fingerprint density at radius 3 is 3.00 bits per heavy atom. The first-order valence-electron chi connectivity index (χ1n) is 3.88. The molecule has 0 unspecified atom stereocenters. The van der Waals surface area contributed by atoms with Crippen molar-refractivity contribution in [1.82, 2.24) is 0 Å². The van der Waals surface area contributed by atoms with E-state index in [1.165, 1.54) is 6.21 Å². The summed E-state index contributed by atoms with van der Waals surface area (Å²) in [4.78, 5) is 0. The highest BCUT2D eigenvalue weighted by molar-refractivity contribution is 5.79. The normalized spacial score (nSPS) is 10.5. The van der Waals surface area contributed by atoms with E-state index in [4.69, 9.17) is 15.1 Å². The van der Waals surface area contributed by atoms with Gasteiger partial charge in [0, 0.05) is 0 Å². The zero-order chi connectivity index (χ0) is 9.52. The van der Waals surface area contributed by atoms with Crippen molar-refractivity contribution in [3.05, 3.63) is 29.8 Å². The van der Waals surface area contributed by atoms with Crippen LogP contribution in [0.25, 0.3) is 0 Å². The Balaban J connectivity index is 2.67. The van der Waals surface area contributed by atoms with Gasteiger partial charge < -0.3 is 15.1 Å². The minimum atomic E-state index is -0.0156. The summed E-state index contributed by atoms with van der Waals surface area (Å²) in [6.45, 7) is 0.248. The topological polar surface area (TPSA) is 62.0 Å². The van der Waals surface area contributed by atoms with Crippen molar-refractivity contribution in [3.63, 3.8) is 0 Å². The monoisotopic (exact) mass is 181 g/mol. The first-order chi connectivity index (χ1) is 6.36. The number of aliphatic hydroxyl groups excluding tert-OH is 1. The molecule has 0 radical (unpaired) electrons. The average Bonchev–Trinajstić information content (AvgIpc) is 2.16. The summed E-state index contributed by atoms with van der Waals surface area (Å²) in [6, 6.07) is 7.05. The predicted octanol–water partition coefficient (Wildman–Crippen LogP) is 0.866. The van der Waals surface area contributed by atoms with E-state index in [2.05, 4.69) is 5.16 Å². The van der Waals surface area contributed by atoms with Crippen LogP contribution in [0.3, 0.4) is 0 Å². The van der Waals surface area contributed by atoms with Crippen molar-refractivity contribution in [3.8, 4) is 5.75 Å². The molecule has 13 heavy (non-hydrogen) atoms. The molecule has 0 bridgehead atoms. The second-order valence-electron chi connectivity index (χ2n) is 2.39. The van der Waals surface area contributed by atoms with E-state index in [1.54, 1.807) is 24.3 Å². The van der Waals surface area contributed by atoms with E-state index in [1.807, 2.05) is 0 Å². The highest BCUT2D eigenvalue weighted by Gasteiger charge is 1.93. The predicted molar refractivity (Wildman–Crippen MR) is 48.4 cm³/mol. The molecule has 0 aliphatic rings. The molecule has 0 saturated heterocycles. The molecular formula is C9H11NO3. The second-order valence-corrected chi connectivity index (χ2v) is 2.39. The maximum atomic E-state index is 8.51. The number of nitrogens with zero attached hydrogens (tertiary/aromatic N) is 1. The van der Waals surface area contributed by atoms with Crippen LogP contribution in [0.1, 0.15) is 5.56 Å². The largest absolute Gasteiger partial charge is 0.491 e. The quantitative estimate of drug-likeness (QED) is 0.411. The van der Waals surface area contributed by atoms with Crippen LogP contribution in [0.5, 0.6) is 5.75 Å². The number of ether oxygens (including phenoxy) is 1. The fraction of sp³-hybridized carbons (Fsp3) is 0.222. The number of benzene rings is 1. The molecular weight excluding hydrogens is 170 g/mol. The lowest BCUT2D eigenvalue weighted by molar-refractivity contribution is 0.201. The van der Waals surface area contributed by atoms with Crippen LogP contribution in [-0.2, 0) is 0 Å². The van der Waals surface area contributed by atoms with Gasteiger partial charge in [0.15, 0.2) is 0 Å². The van der Waals surface area contributed by atoms with E-state index < -0.39 is 0 Å². The molecule has 1 rings (SSSR count). The van der Waals surface area contributed by atoms with Crippen molar-refractivity contribution in [2.24, 2.45) is 5.16 Å². The molecule has 0 saturated carbocycles. The van der Waals surface area contributed by atoms with Crippen LogP contribution in [0.15, 0.2) is 29.4 Å². The van der Waals surface area contributed by atoms with Crippen molar-refractivity contribution in [2.75, 3.05) is 13.2 Å². The maximum Gasteiger partial charge on any atom is 0.120 e. The summed E-state index contributed by atoms with van der Waals surface area (Å²) >= 11 is 0. The first kappa shape index (κ1) is 9.54. The maximum absolute atomic E-state index is 8.51. The average molecular weight is 181 g/mol. The molecule has 0 aromatic heterocycles. The Morgan fingerprint density at radius 2 is 2.31 bits per heavy atom. The third kappa shape index (κ3) is 3.13. The van der Waals surface area contributed by atoms with Crippen molar-refractivity contribution in [1.29, 1.82) is 0 Å². The SMILES string of the molecule is OCCOc1cccc(C=NO)c1. The fourth-order valence-corrected chi connectivity index (χ4v) is 0.915. The van der Waals surface area contributed by atoms with E-state index in [0.717, 1.165) is 5.56 Å². The van der Waals surface area contributed by atoms with Crippen LogP contribution in [-0.4, -0.2) is 29.7 Å². The van der Waals surface area contributed by atoms with Crippen LogP contribution in [0.2, 0.25) is 0 Å². The smallest absolute Gasteiger partial charge is 0.120 e. The first-order valence-corrected chi connectivity index (χ1v) is 3.88. The summed E-state index contributed by atoms with van der Waals surface area (Å²) in [5, 5.41) is 19.7. The van der Waals surface area contributed by atoms with E-state index in [-0.39, 0.29) is 13.2 Å². The van der Waals surface area contributed by atoms with Gasteiger partial charge in [-0.05, 0) is 17.7 Å². The minimum Gasteiger partial charge on any atom is -0.491 e. The second kappa shape index (κ2) is 5.16. The number of rotatable bonds is 4. The van der Waals surface area contributed by atoms with Gasteiger partial charge in [0.2, 0.25) is 0 Å². The molecule has 0 fully saturated rings. The molecule has 70 valence electrons. The lowest BCUT2D eigenvalue weighted by atomic mass is 10.2. The van der Waals surface area contributed by atoms with Gasteiger partial charge in [-0.3, -0.25) is 0 Å². The minimum absolute atomic E-state index is 0.0156. The Hall–Kier alpha value is -1.55. The lowest BCUT2D eigenvalue weighted by Crippen LogP contribution is -2.01. The van der Waals surface area contributed by atoms with Gasteiger partial charge in [0.1, 0.15) is 12.4 Å². The van der Waals surface area contributed by atoms with Crippen LogP contribution in [0.4, 0.5) is 0 Å². The summed E-state index contributed by atoms with van der Waals surface area (Å²) in [5.41, 5.74) is 0.748. The van der Waals surface area contributed by atoms with Gasteiger partial charge in [-0.1, -0.05) is 17.3 Å². The summed E-state index contributed by atoms with van der Waals surface area (Å²) in [6.07, 6.45) is 1.31. The van der Waals surface area contributed by atoms with Crippen molar-refractivity contribution in [2.45, 2.75) is 0 Å². The number of oxime groups is 1. The summed E-state index contributed by atoms with van der Waals surface area (Å²) in [5.74, 6) is 0.645. The highest BCUT2D eigenvalue weighted by atomic mass is 16.5.